The summed E-state index contributed by atoms with van der Waals surface area (Å²) in [5, 5.41) is -0.109. The van der Waals surface area contributed by atoms with E-state index in [1.165, 1.54) is 12.3 Å². The Labute approximate surface area is 112 Å². The van der Waals surface area contributed by atoms with Gasteiger partial charge in [0.25, 0.3) is 0 Å². The molecule has 0 saturated heterocycles. The van der Waals surface area contributed by atoms with E-state index >= 15 is 0 Å². The summed E-state index contributed by atoms with van der Waals surface area (Å²) in [6.45, 7) is 0. The van der Waals surface area contributed by atoms with Crippen LogP contribution in [0.4, 0.5) is 0 Å². The quantitative estimate of drug-likeness (QED) is 0.645. The van der Waals surface area contributed by atoms with Crippen LogP contribution in [0.5, 0.6) is 0 Å². The Balaban J connectivity index is 3.40. The summed E-state index contributed by atoms with van der Waals surface area (Å²) in [6.07, 6.45) is 1.36. The molecule has 0 fully saturated rings. The fraction of sp³-hybridized carbons (Fsp3) is 0.167. The Bertz CT molecular complexity index is 443. The third-order valence-electron chi connectivity index (χ3n) is 1.28. The molecule has 78 valence electrons. The molecule has 0 N–H and O–H groups in total. The van der Waals surface area contributed by atoms with Crippen LogP contribution in [0.1, 0.15) is 0 Å². The second-order valence-corrected chi connectivity index (χ2v) is 13.0. The molecule has 0 amide bonds. The lowest BCUT2D eigenvalue weighted by Gasteiger charge is -2.13. The maximum atomic E-state index is 11.8. The summed E-state index contributed by atoms with van der Waals surface area (Å²) in [5.74, 6) is 0. The number of pyridine rings is 1. The number of hydrogen-bond acceptors (Lipinski definition) is 3. The Hall–Kier alpha value is 0.830. The molecule has 0 aliphatic rings. The first-order chi connectivity index (χ1) is 6.27. The van der Waals surface area contributed by atoms with Crippen molar-refractivity contribution in [1.82, 2.24) is 4.98 Å². The molecule has 14 heavy (non-hydrogen) atoms. The van der Waals surface area contributed by atoms with Crippen molar-refractivity contribution in [3.63, 3.8) is 0 Å². The Morgan fingerprint density at radius 2 is 1.93 bits per heavy atom. The highest BCUT2D eigenvalue weighted by Crippen LogP contribution is 2.43. The molecule has 3 nitrogen and oxygen atoms in total. The summed E-state index contributed by atoms with van der Waals surface area (Å²) in [5.41, 5.74) is 0. The molecule has 0 saturated carbocycles. The lowest BCUT2D eigenvalue weighted by atomic mass is 10.5. The van der Waals surface area contributed by atoms with Crippen LogP contribution in [0.3, 0.4) is 0 Å². The molecule has 0 bridgehead atoms. The molecule has 1 heterocycles. The molecule has 0 atom stereocenters. The first-order valence-corrected chi connectivity index (χ1v) is 7.42. The summed E-state index contributed by atoms with van der Waals surface area (Å²) >= 11 is 14.5. The van der Waals surface area contributed by atoms with Crippen molar-refractivity contribution >= 4 is 69.2 Å². The van der Waals surface area contributed by atoms with Gasteiger partial charge in [-0.1, -0.05) is 11.6 Å². The molecule has 0 aliphatic heterocycles. The summed E-state index contributed by atoms with van der Waals surface area (Å²) in [4.78, 5) is 3.71. The third kappa shape index (κ3) is 2.49. The second kappa shape index (κ2) is 4.37. The van der Waals surface area contributed by atoms with Crippen molar-refractivity contribution in [2.45, 2.75) is 6.50 Å². The molecular formula is C6H3Br3ClNO2S. The van der Waals surface area contributed by atoms with Crippen molar-refractivity contribution in [1.29, 1.82) is 0 Å². The topological polar surface area (TPSA) is 47.0 Å². The fourth-order valence-electron chi connectivity index (χ4n) is 0.679. The monoisotopic (exact) mass is 425 g/mol. The van der Waals surface area contributed by atoms with Gasteiger partial charge in [0, 0.05) is 6.20 Å². The fourth-order valence-corrected chi connectivity index (χ4v) is 3.23. The predicted octanol–water partition coefficient (Wildman–Crippen LogP) is 3.30. The zero-order valence-corrected chi connectivity index (χ0v) is 12.7. The molecule has 0 spiro atoms. The number of nitrogens with zero attached hydrogens (tertiary/aromatic N) is 1. The summed E-state index contributed by atoms with van der Waals surface area (Å²) < 4.78 is 22.1. The van der Waals surface area contributed by atoms with Crippen LogP contribution in [0.15, 0.2) is 23.4 Å². The molecule has 0 unspecified atom stereocenters. The average molecular weight is 428 g/mol. The van der Waals surface area contributed by atoms with Gasteiger partial charge in [-0.25, -0.2) is 13.4 Å². The predicted molar refractivity (Wildman–Crippen MR) is 65.9 cm³/mol. The Morgan fingerprint density at radius 3 is 2.36 bits per heavy atom. The van der Waals surface area contributed by atoms with Gasteiger partial charge in [-0.2, -0.15) is 0 Å². The number of rotatable bonds is 1. The van der Waals surface area contributed by atoms with Crippen LogP contribution >= 0.6 is 59.4 Å². The highest BCUT2D eigenvalue weighted by Gasteiger charge is 2.39. The van der Waals surface area contributed by atoms with Gasteiger partial charge in [-0.15, -0.1) is 0 Å². The van der Waals surface area contributed by atoms with Crippen LogP contribution in [0.25, 0.3) is 0 Å². The minimum Gasteiger partial charge on any atom is -0.243 e. The van der Waals surface area contributed by atoms with Gasteiger partial charge < -0.3 is 0 Å². The zero-order valence-electron chi connectivity index (χ0n) is 6.42. The summed E-state index contributed by atoms with van der Waals surface area (Å²) in [7, 11) is -3.70. The van der Waals surface area contributed by atoms with Gasteiger partial charge in [-0.05, 0) is 59.9 Å². The second-order valence-electron chi connectivity index (χ2n) is 2.24. The molecule has 0 radical (unpaired) electrons. The molecule has 1 rings (SSSR count). The van der Waals surface area contributed by atoms with E-state index in [1.54, 1.807) is 6.07 Å². The first-order valence-electron chi connectivity index (χ1n) is 3.18. The van der Waals surface area contributed by atoms with Crippen LogP contribution in [-0.2, 0) is 9.84 Å². The highest BCUT2D eigenvalue weighted by molar-refractivity contribution is 9.42. The number of hydrogen-bond donors (Lipinski definition) is 0. The van der Waals surface area contributed by atoms with Crippen molar-refractivity contribution < 1.29 is 8.42 Å². The average Bonchev–Trinajstić information content (AvgIpc) is 2.02. The van der Waals surface area contributed by atoms with Gasteiger partial charge >= 0.3 is 0 Å². The zero-order chi connectivity index (χ0) is 11.0. The number of sulfone groups is 1. The van der Waals surface area contributed by atoms with Crippen molar-refractivity contribution in [2.75, 3.05) is 0 Å². The largest absolute Gasteiger partial charge is 0.243 e. The standard InChI is InChI=1S/C6H3Br3ClNO2S/c7-6(8,9)14(12,13)5-4(10)2-1-3-11-5/h1-3H. The lowest BCUT2D eigenvalue weighted by molar-refractivity contribution is 0.595. The van der Waals surface area contributed by atoms with Gasteiger partial charge in [0.1, 0.15) is 0 Å². The van der Waals surface area contributed by atoms with Crippen molar-refractivity contribution in [3.05, 3.63) is 23.4 Å². The van der Waals surface area contributed by atoms with Crippen LogP contribution < -0.4 is 0 Å². The number of aromatic nitrogens is 1. The first kappa shape index (κ1) is 12.9. The van der Waals surface area contributed by atoms with E-state index < -0.39 is 11.3 Å². The number of halogens is 4. The van der Waals surface area contributed by atoms with E-state index in [4.69, 9.17) is 11.6 Å². The van der Waals surface area contributed by atoms with E-state index in [9.17, 15) is 8.42 Å². The lowest BCUT2D eigenvalue weighted by Crippen LogP contribution is -2.19. The Kier molecular flexibility index (Phi) is 4.02. The van der Waals surface area contributed by atoms with E-state index in [-0.39, 0.29) is 10.0 Å². The molecule has 1 aromatic rings. The normalized spacial score (nSPS) is 12.9. The maximum absolute atomic E-state index is 11.8. The van der Waals surface area contributed by atoms with Gasteiger partial charge in [0.05, 0.1) is 5.02 Å². The van der Waals surface area contributed by atoms with Crippen LogP contribution in [0.2, 0.25) is 5.02 Å². The van der Waals surface area contributed by atoms with Crippen LogP contribution in [-0.4, -0.2) is 14.9 Å². The third-order valence-corrected chi connectivity index (χ3v) is 6.98. The minimum absolute atomic E-state index is 0.0789. The molecular weight excluding hydrogens is 425 g/mol. The van der Waals surface area contributed by atoms with Gasteiger partial charge in [0.2, 0.25) is 11.3 Å². The SMILES string of the molecule is O=S(=O)(c1ncccc1Cl)C(Br)(Br)Br. The van der Waals surface area contributed by atoms with Gasteiger partial charge in [-0.3, -0.25) is 0 Å². The van der Waals surface area contributed by atoms with Gasteiger partial charge in [0.15, 0.2) is 5.03 Å². The minimum atomic E-state index is -3.70. The van der Waals surface area contributed by atoms with E-state index in [2.05, 4.69) is 52.8 Å². The molecule has 0 aliphatic carbocycles. The Morgan fingerprint density at radius 1 is 1.36 bits per heavy atom. The molecule has 1 aromatic heterocycles. The van der Waals surface area contributed by atoms with Crippen LogP contribution in [0, 0.1) is 0 Å². The van der Waals surface area contributed by atoms with E-state index in [0.29, 0.717) is 0 Å². The smallest absolute Gasteiger partial charge is 0.241 e. The maximum Gasteiger partial charge on any atom is 0.241 e. The van der Waals surface area contributed by atoms with E-state index in [1.807, 2.05) is 0 Å². The van der Waals surface area contributed by atoms with Crippen molar-refractivity contribution in [3.8, 4) is 0 Å². The molecule has 0 aromatic carbocycles. The van der Waals surface area contributed by atoms with Crippen molar-refractivity contribution in [2.24, 2.45) is 0 Å². The number of alkyl halides is 3. The van der Waals surface area contributed by atoms with E-state index in [0.717, 1.165) is 0 Å². The molecule has 8 heteroatoms. The highest BCUT2D eigenvalue weighted by atomic mass is 80.0. The summed E-state index contributed by atoms with van der Waals surface area (Å²) in [6, 6.07) is 3.01.